The van der Waals surface area contributed by atoms with Gasteiger partial charge >= 0.3 is 0 Å². The van der Waals surface area contributed by atoms with Crippen LogP contribution in [0, 0.1) is 0 Å². The molecule has 1 amide bonds. The van der Waals surface area contributed by atoms with Crippen LogP contribution in [-0.4, -0.2) is 27.1 Å². The van der Waals surface area contributed by atoms with E-state index in [0.717, 1.165) is 12.8 Å². The largest absolute Gasteiger partial charge is 0.330 e. The first-order chi connectivity index (χ1) is 10.1. The number of aromatic nitrogens is 2. The second kappa shape index (κ2) is 5.44. The van der Waals surface area contributed by atoms with Crippen molar-refractivity contribution in [1.29, 1.82) is 0 Å². The standard InChI is InChI=1S/C15H17N3O2S/c1-3-12-10-7-9-21-13(10)6-8-18(12)15(20)11-4-5-14(19)17(2)16-11/h4-5,7,9,12H,3,6,8H2,1-2H3. The summed E-state index contributed by atoms with van der Waals surface area (Å²) in [5.74, 6) is -0.102. The first kappa shape index (κ1) is 14.0. The third-order valence-electron chi connectivity index (χ3n) is 3.92. The lowest BCUT2D eigenvalue weighted by atomic mass is 9.97. The maximum Gasteiger partial charge on any atom is 0.274 e. The Labute approximate surface area is 126 Å². The summed E-state index contributed by atoms with van der Waals surface area (Å²) in [6.07, 6.45) is 1.77. The van der Waals surface area contributed by atoms with Crippen molar-refractivity contribution >= 4 is 17.2 Å². The van der Waals surface area contributed by atoms with E-state index in [9.17, 15) is 9.59 Å². The van der Waals surface area contributed by atoms with Crippen LogP contribution in [0.25, 0.3) is 0 Å². The molecule has 0 aliphatic carbocycles. The molecule has 21 heavy (non-hydrogen) atoms. The van der Waals surface area contributed by atoms with Gasteiger partial charge in [0.25, 0.3) is 11.5 Å². The van der Waals surface area contributed by atoms with Crippen molar-refractivity contribution in [1.82, 2.24) is 14.7 Å². The highest BCUT2D eigenvalue weighted by atomic mass is 32.1. The molecule has 0 N–H and O–H groups in total. The molecule has 0 spiro atoms. The number of rotatable bonds is 2. The van der Waals surface area contributed by atoms with Gasteiger partial charge in [-0.25, -0.2) is 4.68 Å². The van der Waals surface area contributed by atoms with Gasteiger partial charge in [0, 0.05) is 24.5 Å². The fourth-order valence-corrected chi connectivity index (χ4v) is 3.77. The lowest BCUT2D eigenvalue weighted by Gasteiger charge is -2.35. The third kappa shape index (κ3) is 2.40. The maximum atomic E-state index is 12.7. The summed E-state index contributed by atoms with van der Waals surface area (Å²) in [5.41, 5.74) is 1.37. The normalized spacial score (nSPS) is 17.6. The van der Waals surface area contributed by atoms with Crippen molar-refractivity contribution in [3.8, 4) is 0 Å². The van der Waals surface area contributed by atoms with Crippen LogP contribution in [-0.2, 0) is 13.5 Å². The molecule has 6 heteroatoms. The second-order valence-corrected chi connectivity index (χ2v) is 6.15. The fraction of sp³-hybridized carbons (Fsp3) is 0.400. The number of amides is 1. The van der Waals surface area contributed by atoms with Gasteiger partial charge < -0.3 is 4.90 Å². The highest BCUT2D eigenvalue weighted by Gasteiger charge is 2.31. The predicted molar refractivity (Wildman–Crippen MR) is 81.6 cm³/mol. The van der Waals surface area contributed by atoms with Crippen LogP contribution in [0.2, 0.25) is 0 Å². The van der Waals surface area contributed by atoms with E-state index in [1.807, 2.05) is 4.90 Å². The monoisotopic (exact) mass is 303 g/mol. The highest BCUT2D eigenvalue weighted by molar-refractivity contribution is 7.10. The minimum atomic E-state index is -0.211. The van der Waals surface area contributed by atoms with Gasteiger partial charge in [-0.1, -0.05) is 6.92 Å². The molecule has 3 rings (SSSR count). The predicted octanol–water partition coefficient (Wildman–Crippen LogP) is 1.99. The molecule has 0 saturated carbocycles. The molecule has 0 radical (unpaired) electrons. The van der Waals surface area contributed by atoms with E-state index in [4.69, 9.17) is 0 Å². The van der Waals surface area contributed by atoms with Crippen LogP contribution in [0.5, 0.6) is 0 Å². The lowest BCUT2D eigenvalue weighted by molar-refractivity contribution is 0.0648. The molecule has 0 bridgehead atoms. The highest BCUT2D eigenvalue weighted by Crippen LogP contribution is 2.35. The summed E-state index contributed by atoms with van der Waals surface area (Å²) in [4.78, 5) is 27.4. The summed E-state index contributed by atoms with van der Waals surface area (Å²) >= 11 is 1.76. The third-order valence-corrected chi connectivity index (χ3v) is 4.92. The lowest BCUT2D eigenvalue weighted by Crippen LogP contribution is -2.40. The van der Waals surface area contributed by atoms with Gasteiger partial charge in [-0.3, -0.25) is 9.59 Å². The van der Waals surface area contributed by atoms with Crippen molar-refractivity contribution in [2.24, 2.45) is 7.05 Å². The van der Waals surface area contributed by atoms with Crippen LogP contribution in [0.4, 0.5) is 0 Å². The van der Waals surface area contributed by atoms with Gasteiger partial charge in [0.1, 0.15) is 5.69 Å². The number of aryl methyl sites for hydroxylation is 1. The molecule has 0 fully saturated rings. The van der Waals surface area contributed by atoms with Gasteiger partial charge in [0.05, 0.1) is 6.04 Å². The average molecular weight is 303 g/mol. The smallest absolute Gasteiger partial charge is 0.274 e. The molecule has 0 aromatic carbocycles. The number of carbonyl (C=O) groups excluding carboxylic acids is 1. The Morgan fingerprint density at radius 1 is 1.43 bits per heavy atom. The molecule has 1 aliphatic rings. The fourth-order valence-electron chi connectivity index (χ4n) is 2.84. The van der Waals surface area contributed by atoms with Gasteiger partial charge in [-0.2, -0.15) is 5.10 Å². The second-order valence-electron chi connectivity index (χ2n) is 5.15. The Balaban J connectivity index is 1.94. The quantitative estimate of drug-likeness (QED) is 0.852. The van der Waals surface area contributed by atoms with Gasteiger partial charge in [0.2, 0.25) is 0 Å². The first-order valence-electron chi connectivity index (χ1n) is 7.03. The summed E-state index contributed by atoms with van der Waals surface area (Å²) in [6.45, 7) is 2.79. The van der Waals surface area contributed by atoms with Crippen molar-refractivity contribution in [2.75, 3.05) is 6.54 Å². The van der Waals surface area contributed by atoms with E-state index in [-0.39, 0.29) is 17.5 Å². The minimum absolute atomic E-state index is 0.102. The molecule has 110 valence electrons. The van der Waals surface area contributed by atoms with Crippen molar-refractivity contribution in [2.45, 2.75) is 25.8 Å². The Morgan fingerprint density at radius 2 is 2.24 bits per heavy atom. The Bertz CT molecular complexity index is 735. The van der Waals surface area contributed by atoms with Gasteiger partial charge in [0.15, 0.2) is 0 Å². The molecular formula is C15H17N3O2S. The maximum absolute atomic E-state index is 12.7. The van der Waals surface area contributed by atoms with Crippen LogP contribution in [0.3, 0.4) is 0 Å². The SMILES string of the molecule is CCC1c2ccsc2CCN1C(=O)c1ccc(=O)n(C)n1. The molecular weight excluding hydrogens is 286 g/mol. The number of carbonyl (C=O) groups is 1. The van der Waals surface area contributed by atoms with E-state index < -0.39 is 0 Å². The van der Waals surface area contributed by atoms with E-state index >= 15 is 0 Å². The molecule has 0 saturated heterocycles. The summed E-state index contributed by atoms with van der Waals surface area (Å²) < 4.78 is 1.20. The number of hydrogen-bond acceptors (Lipinski definition) is 4. The van der Waals surface area contributed by atoms with Crippen molar-refractivity contribution in [3.05, 3.63) is 50.1 Å². The zero-order valence-electron chi connectivity index (χ0n) is 12.1. The van der Waals surface area contributed by atoms with Crippen molar-refractivity contribution < 1.29 is 4.79 Å². The average Bonchev–Trinajstić information content (AvgIpc) is 2.96. The molecule has 3 heterocycles. The summed E-state index contributed by atoms with van der Waals surface area (Å²) in [5, 5.41) is 6.16. The van der Waals surface area contributed by atoms with Gasteiger partial charge in [-0.15, -0.1) is 11.3 Å². The van der Waals surface area contributed by atoms with E-state index in [1.54, 1.807) is 18.4 Å². The molecule has 1 aliphatic heterocycles. The molecule has 1 unspecified atom stereocenters. The topological polar surface area (TPSA) is 55.2 Å². The Morgan fingerprint density at radius 3 is 2.95 bits per heavy atom. The number of fused-ring (bicyclic) bond motifs is 1. The Kier molecular flexibility index (Phi) is 3.63. The van der Waals surface area contributed by atoms with E-state index in [0.29, 0.717) is 12.2 Å². The van der Waals surface area contributed by atoms with Crippen LogP contribution in [0.15, 0.2) is 28.4 Å². The Hall–Kier alpha value is -1.95. The van der Waals surface area contributed by atoms with Crippen LogP contribution in [0.1, 0.15) is 40.3 Å². The van der Waals surface area contributed by atoms with Crippen molar-refractivity contribution in [3.63, 3.8) is 0 Å². The number of nitrogens with zero attached hydrogens (tertiary/aromatic N) is 3. The minimum Gasteiger partial charge on any atom is -0.330 e. The molecule has 5 nitrogen and oxygen atoms in total. The van der Waals surface area contributed by atoms with Gasteiger partial charge in [-0.05, 0) is 35.9 Å². The molecule has 2 aromatic heterocycles. The number of hydrogen-bond donors (Lipinski definition) is 0. The zero-order chi connectivity index (χ0) is 15.0. The zero-order valence-corrected chi connectivity index (χ0v) is 12.9. The molecule has 2 aromatic rings. The van der Waals surface area contributed by atoms with Crippen LogP contribution < -0.4 is 5.56 Å². The first-order valence-corrected chi connectivity index (χ1v) is 7.91. The van der Waals surface area contributed by atoms with E-state index in [1.165, 1.54) is 27.3 Å². The summed E-state index contributed by atoms with van der Waals surface area (Å²) in [7, 11) is 1.56. The summed E-state index contributed by atoms with van der Waals surface area (Å²) in [6, 6.07) is 5.12. The van der Waals surface area contributed by atoms with Crippen LogP contribution >= 0.6 is 11.3 Å². The number of thiophene rings is 1. The van der Waals surface area contributed by atoms with E-state index in [2.05, 4.69) is 23.5 Å². The molecule has 1 atom stereocenters.